The van der Waals surface area contributed by atoms with Crippen molar-refractivity contribution >= 4 is 11.6 Å². The number of aryl methyl sites for hydroxylation is 1. The number of methoxy groups -OCH3 is 1. The summed E-state index contributed by atoms with van der Waals surface area (Å²) in [6.07, 6.45) is 0.562. The molecule has 0 bridgehead atoms. The maximum absolute atomic E-state index is 13.0. The van der Waals surface area contributed by atoms with Gasteiger partial charge in [-0.3, -0.25) is 0 Å². The molecule has 0 aliphatic rings. The third-order valence-electron chi connectivity index (χ3n) is 3.33. The molecule has 0 aliphatic carbocycles. The van der Waals surface area contributed by atoms with Crippen LogP contribution in [0.4, 0.5) is 4.39 Å². The van der Waals surface area contributed by atoms with Gasteiger partial charge in [-0.1, -0.05) is 23.7 Å². The van der Waals surface area contributed by atoms with Gasteiger partial charge in [0.15, 0.2) is 0 Å². The Labute approximate surface area is 123 Å². The van der Waals surface area contributed by atoms with Crippen molar-refractivity contribution in [3.63, 3.8) is 0 Å². The maximum Gasteiger partial charge on any atom is 0.124 e. The summed E-state index contributed by atoms with van der Waals surface area (Å²) >= 11 is 6.03. The zero-order chi connectivity index (χ0) is 14.7. The van der Waals surface area contributed by atoms with Crippen LogP contribution in [0.1, 0.15) is 22.7 Å². The minimum atomic E-state index is -0.340. The van der Waals surface area contributed by atoms with Gasteiger partial charge in [-0.2, -0.15) is 0 Å². The van der Waals surface area contributed by atoms with E-state index in [1.807, 2.05) is 25.1 Å². The fourth-order valence-electron chi connectivity index (χ4n) is 2.23. The van der Waals surface area contributed by atoms with Crippen LogP contribution in [0.3, 0.4) is 0 Å². The van der Waals surface area contributed by atoms with E-state index in [1.165, 1.54) is 12.1 Å². The zero-order valence-corrected chi connectivity index (χ0v) is 12.2. The fourth-order valence-corrected chi connectivity index (χ4v) is 2.47. The van der Waals surface area contributed by atoms with Crippen molar-refractivity contribution in [2.45, 2.75) is 19.4 Å². The molecule has 1 unspecified atom stereocenters. The Kier molecular flexibility index (Phi) is 4.63. The number of benzene rings is 2. The van der Waals surface area contributed by atoms with Gasteiger partial charge in [0.1, 0.15) is 11.6 Å². The molecule has 4 heteroatoms. The quantitative estimate of drug-likeness (QED) is 0.923. The Bertz CT molecular complexity index is 615. The summed E-state index contributed by atoms with van der Waals surface area (Å²) in [6.45, 7) is 1.99. The van der Waals surface area contributed by atoms with Gasteiger partial charge in [-0.25, -0.2) is 4.39 Å². The Morgan fingerprint density at radius 2 is 2.00 bits per heavy atom. The van der Waals surface area contributed by atoms with Crippen LogP contribution in [0.2, 0.25) is 5.02 Å². The summed E-state index contributed by atoms with van der Waals surface area (Å²) in [5, 5.41) is 0.409. The Morgan fingerprint density at radius 1 is 1.25 bits per heavy atom. The van der Waals surface area contributed by atoms with Gasteiger partial charge < -0.3 is 10.5 Å². The molecule has 0 aliphatic heterocycles. The topological polar surface area (TPSA) is 35.2 Å². The lowest BCUT2D eigenvalue weighted by molar-refractivity contribution is 0.414. The van der Waals surface area contributed by atoms with Crippen molar-refractivity contribution in [2.75, 3.05) is 7.11 Å². The first-order valence-corrected chi connectivity index (χ1v) is 6.73. The molecule has 2 aromatic carbocycles. The Balaban J connectivity index is 2.21. The number of hydrogen-bond donors (Lipinski definition) is 1. The van der Waals surface area contributed by atoms with Crippen molar-refractivity contribution < 1.29 is 9.13 Å². The third-order valence-corrected chi connectivity index (χ3v) is 3.68. The number of nitrogens with two attached hydrogens (primary N) is 1. The lowest BCUT2D eigenvalue weighted by Crippen LogP contribution is -2.15. The molecule has 0 saturated heterocycles. The van der Waals surface area contributed by atoms with Crippen molar-refractivity contribution in [3.8, 4) is 5.75 Å². The largest absolute Gasteiger partial charge is 0.497 e. The van der Waals surface area contributed by atoms with Crippen LogP contribution in [0.15, 0.2) is 36.4 Å². The minimum absolute atomic E-state index is 0.191. The van der Waals surface area contributed by atoms with E-state index >= 15 is 0 Å². The summed E-state index contributed by atoms with van der Waals surface area (Å²) in [7, 11) is 1.63. The van der Waals surface area contributed by atoms with Crippen LogP contribution < -0.4 is 10.5 Å². The van der Waals surface area contributed by atoms with Gasteiger partial charge in [-0.15, -0.1) is 0 Å². The molecule has 106 valence electrons. The molecule has 0 amide bonds. The highest BCUT2D eigenvalue weighted by atomic mass is 35.5. The zero-order valence-electron chi connectivity index (χ0n) is 11.5. The highest BCUT2D eigenvalue weighted by Gasteiger charge is 2.13. The van der Waals surface area contributed by atoms with E-state index in [9.17, 15) is 4.39 Å². The summed E-state index contributed by atoms with van der Waals surface area (Å²) in [4.78, 5) is 0. The number of hydrogen-bond acceptors (Lipinski definition) is 2. The lowest BCUT2D eigenvalue weighted by atomic mass is 9.96. The highest BCUT2D eigenvalue weighted by molar-refractivity contribution is 6.31. The number of halogens is 2. The van der Waals surface area contributed by atoms with Gasteiger partial charge in [0.05, 0.1) is 7.11 Å². The molecule has 0 aromatic heterocycles. The van der Waals surface area contributed by atoms with Gasteiger partial charge in [0.2, 0.25) is 0 Å². The molecule has 2 rings (SSSR count). The molecule has 0 spiro atoms. The fraction of sp³-hybridized carbons (Fsp3) is 0.250. The van der Waals surface area contributed by atoms with Crippen LogP contribution in [0.25, 0.3) is 0 Å². The first kappa shape index (κ1) is 14.8. The summed E-state index contributed by atoms with van der Waals surface area (Å²) < 4.78 is 18.2. The first-order chi connectivity index (χ1) is 9.51. The van der Waals surface area contributed by atoms with Crippen LogP contribution in [-0.4, -0.2) is 7.11 Å². The molecular formula is C16H17ClFNO. The first-order valence-electron chi connectivity index (χ1n) is 6.35. The summed E-state index contributed by atoms with van der Waals surface area (Å²) in [5.74, 6) is 0.464. The van der Waals surface area contributed by atoms with Gasteiger partial charge >= 0.3 is 0 Å². The lowest BCUT2D eigenvalue weighted by Gasteiger charge is -2.16. The molecule has 2 aromatic rings. The molecular weight excluding hydrogens is 277 g/mol. The predicted octanol–water partition coefficient (Wildman–Crippen LogP) is 4.04. The van der Waals surface area contributed by atoms with E-state index in [2.05, 4.69) is 0 Å². The maximum atomic E-state index is 13.0. The molecule has 0 radical (unpaired) electrons. The van der Waals surface area contributed by atoms with Crippen LogP contribution in [0.5, 0.6) is 5.75 Å². The molecule has 1 atom stereocenters. The minimum Gasteiger partial charge on any atom is -0.497 e. The SMILES string of the molecule is COc1ccc(C(N)Cc2ccc(F)cc2Cl)c(C)c1. The van der Waals surface area contributed by atoms with Gasteiger partial charge in [0.25, 0.3) is 0 Å². The van der Waals surface area contributed by atoms with E-state index in [4.69, 9.17) is 22.1 Å². The van der Waals surface area contributed by atoms with E-state index in [0.29, 0.717) is 11.4 Å². The van der Waals surface area contributed by atoms with Crippen molar-refractivity contribution in [2.24, 2.45) is 5.73 Å². The monoisotopic (exact) mass is 293 g/mol. The van der Waals surface area contributed by atoms with Crippen LogP contribution in [0, 0.1) is 12.7 Å². The predicted molar refractivity (Wildman–Crippen MR) is 79.8 cm³/mol. The number of ether oxygens (including phenoxy) is 1. The molecule has 0 fully saturated rings. The summed E-state index contributed by atoms with van der Waals surface area (Å²) in [6, 6.07) is 9.98. The molecule has 2 nitrogen and oxygen atoms in total. The van der Waals surface area contributed by atoms with Crippen molar-refractivity contribution in [1.82, 2.24) is 0 Å². The molecule has 2 N–H and O–H groups in total. The molecule has 20 heavy (non-hydrogen) atoms. The van der Waals surface area contributed by atoms with E-state index in [0.717, 1.165) is 22.4 Å². The van der Waals surface area contributed by atoms with Crippen molar-refractivity contribution in [3.05, 3.63) is 63.9 Å². The molecule has 0 heterocycles. The van der Waals surface area contributed by atoms with Gasteiger partial charge in [-0.05, 0) is 54.3 Å². The summed E-state index contributed by atoms with van der Waals surface area (Å²) in [5.41, 5.74) is 9.17. The smallest absolute Gasteiger partial charge is 0.124 e. The molecule has 0 saturated carbocycles. The standard InChI is InChI=1S/C16H17ClFNO/c1-10-7-13(20-2)5-6-14(10)16(19)8-11-3-4-12(18)9-15(11)17/h3-7,9,16H,8,19H2,1-2H3. The number of rotatable bonds is 4. The second-order valence-electron chi connectivity index (χ2n) is 4.77. The van der Waals surface area contributed by atoms with E-state index in [1.54, 1.807) is 13.2 Å². The second kappa shape index (κ2) is 6.25. The normalized spacial score (nSPS) is 12.2. The third kappa shape index (κ3) is 3.30. The van der Waals surface area contributed by atoms with Crippen LogP contribution >= 0.6 is 11.6 Å². The van der Waals surface area contributed by atoms with Crippen LogP contribution in [-0.2, 0) is 6.42 Å². The van der Waals surface area contributed by atoms with E-state index in [-0.39, 0.29) is 11.9 Å². The van der Waals surface area contributed by atoms with E-state index < -0.39 is 0 Å². The second-order valence-corrected chi connectivity index (χ2v) is 5.18. The van der Waals surface area contributed by atoms with Crippen molar-refractivity contribution in [1.29, 1.82) is 0 Å². The van der Waals surface area contributed by atoms with Gasteiger partial charge in [0, 0.05) is 11.1 Å². The highest BCUT2D eigenvalue weighted by Crippen LogP contribution is 2.26. The average Bonchev–Trinajstić information content (AvgIpc) is 2.41. The Morgan fingerprint density at radius 3 is 2.60 bits per heavy atom. The average molecular weight is 294 g/mol. The Hall–Kier alpha value is -1.58.